The van der Waals surface area contributed by atoms with Gasteiger partial charge in [-0.1, -0.05) is 71.1 Å². The van der Waals surface area contributed by atoms with Gasteiger partial charge in [0.1, 0.15) is 0 Å². The highest BCUT2D eigenvalue weighted by molar-refractivity contribution is 4.71. The summed E-state index contributed by atoms with van der Waals surface area (Å²) in [5.41, 5.74) is 0. The maximum Gasteiger partial charge on any atom is 0.0586 e. The minimum atomic E-state index is 0.0694. The van der Waals surface area contributed by atoms with Crippen LogP contribution in [0.25, 0.3) is 0 Å². The minimum Gasteiger partial charge on any atom is -0.395 e. The molecule has 0 bridgehead atoms. The quantitative estimate of drug-likeness (QED) is 0.124. The number of rotatable bonds is 23. The lowest BCUT2D eigenvalue weighted by Crippen LogP contribution is -2.41. The molecule has 196 valence electrons. The standard InChI is InChI=1S/C18H39NO3.C6H15NO3/c1-2-3-4-5-6-7-8-9-10-11-12-18(17-22)19(13-15-20)14-16-21;8-4-1-7(2-5-9)3-6-10/h18,20-22H,2-17H2,1H3;8-10H,1-6H2. The fraction of sp³-hybridized carbons (Fsp3) is 1.00. The van der Waals surface area contributed by atoms with Crippen molar-refractivity contribution in [2.45, 2.75) is 83.6 Å². The van der Waals surface area contributed by atoms with Gasteiger partial charge >= 0.3 is 0 Å². The van der Waals surface area contributed by atoms with Crippen LogP contribution in [0.3, 0.4) is 0 Å². The second kappa shape index (κ2) is 28.7. The number of aliphatic hydroxyl groups excluding tert-OH is 6. The predicted molar refractivity (Wildman–Crippen MR) is 131 cm³/mol. The molecule has 0 heterocycles. The Morgan fingerprint density at radius 1 is 0.500 bits per heavy atom. The van der Waals surface area contributed by atoms with Gasteiger partial charge in [-0.15, -0.1) is 0 Å². The van der Waals surface area contributed by atoms with Crippen LogP contribution < -0.4 is 0 Å². The van der Waals surface area contributed by atoms with E-state index < -0.39 is 0 Å². The summed E-state index contributed by atoms with van der Waals surface area (Å²) in [6.45, 7) is 5.33. The first kappa shape index (κ1) is 33.9. The number of hydrogen-bond acceptors (Lipinski definition) is 8. The molecular formula is C24H54N2O6. The fourth-order valence-corrected chi connectivity index (χ4v) is 3.75. The van der Waals surface area contributed by atoms with Gasteiger partial charge in [0.25, 0.3) is 0 Å². The van der Waals surface area contributed by atoms with E-state index in [1.165, 1.54) is 57.8 Å². The minimum absolute atomic E-state index is 0.0694. The average Bonchev–Trinajstić information content (AvgIpc) is 2.79. The van der Waals surface area contributed by atoms with Crippen LogP contribution in [-0.4, -0.2) is 119 Å². The second-order valence-electron chi connectivity index (χ2n) is 8.30. The highest BCUT2D eigenvalue weighted by atomic mass is 16.3. The topological polar surface area (TPSA) is 128 Å². The Hall–Kier alpha value is -0.320. The van der Waals surface area contributed by atoms with Gasteiger partial charge in [-0.3, -0.25) is 9.80 Å². The number of unbranched alkanes of at least 4 members (excludes halogenated alkanes) is 9. The molecule has 1 unspecified atom stereocenters. The Morgan fingerprint density at radius 2 is 0.875 bits per heavy atom. The van der Waals surface area contributed by atoms with Crippen molar-refractivity contribution in [3.05, 3.63) is 0 Å². The van der Waals surface area contributed by atoms with E-state index in [9.17, 15) is 5.11 Å². The Bertz CT molecular complexity index is 319. The average molecular weight is 467 g/mol. The summed E-state index contributed by atoms with van der Waals surface area (Å²) >= 11 is 0. The molecular weight excluding hydrogens is 412 g/mol. The van der Waals surface area contributed by atoms with Crippen molar-refractivity contribution in [1.29, 1.82) is 0 Å². The van der Waals surface area contributed by atoms with Crippen LogP contribution in [0.1, 0.15) is 77.6 Å². The molecule has 0 aliphatic heterocycles. The summed E-state index contributed by atoms with van der Waals surface area (Å²) in [7, 11) is 0. The molecule has 0 saturated carbocycles. The summed E-state index contributed by atoms with van der Waals surface area (Å²) in [5.74, 6) is 0. The van der Waals surface area contributed by atoms with Gasteiger partial charge in [-0.05, 0) is 6.42 Å². The fourth-order valence-electron chi connectivity index (χ4n) is 3.75. The molecule has 0 aliphatic carbocycles. The molecule has 0 radical (unpaired) electrons. The number of nitrogens with zero attached hydrogens (tertiary/aromatic N) is 2. The third-order valence-corrected chi connectivity index (χ3v) is 5.64. The van der Waals surface area contributed by atoms with Crippen LogP contribution in [-0.2, 0) is 0 Å². The first-order valence-corrected chi connectivity index (χ1v) is 12.8. The van der Waals surface area contributed by atoms with Gasteiger partial charge in [-0.2, -0.15) is 0 Å². The lowest BCUT2D eigenvalue weighted by atomic mass is 10.0. The number of aliphatic hydroxyl groups is 6. The van der Waals surface area contributed by atoms with Gasteiger partial charge in [-0.25, -0.2) is 0 Å². The van der Waals surface area contributed by atoms with Crippen LogP contribution in [0.15, 0.2) is 0 Å². The molecule has 0 aromatic rings. The van der Waals surface area contributed by atoms with Crippen molar-refractivity contribution in [3.8, 4) is 0 Å². The van der Waals surface area contributed by atoms with E-state index in [-0.39, 0.29) is 45.7 Å². The normalized spacial score (nSPS) is 12.3. The summed E-state index contributed by atoms with van der Waals surface area (Å²) in [6.07, 6.45) is 14.1. The molecule has 0 aliphatic rings. The first-order chi connectivity index (χ1) is 15.6. The van der Waals surface area contributed by atoms with Gasteiger partial charge in [0.2, 0.25) is 0 Å². The van der Waals surface area contributed by atoms with Crippen LogP contribution in [0.2, 0.25) is 0 Å². The molecule has 1 atom stereocenters. The Balaban J connectivity index is 0. The molecule has 6 N–H and O–H groups in total. The Labute approximate surface area is 196 Å². The monoisotopic (exact) mass is 466 g/mol. The molecule has 0 spiro atoms. The van der Waals surface area contributed by atoms with Crippen molar-refractivity contribution >= 4 is 0 Å². The largest absolute Gasteiger partial charge is 0.395 e. The van der Waals surface area contributed by atoms with E-state index >= 15 is 0 Å². The lowest BCUT2D eigenvalue weighted by Gasteiger charge is -2.29. The first-order valence-electron chi connectivity index (χ1n) is 12.8. The lowest BCUT2D eigenvalue weighted by molar-refractivity contribution is 0.0781. The highest BCUT2D eigenvalue weighted by Gasteiger charge is 2.16. The van der Waals surface area contributed by atoms with E-state index in [0.717, 1.165) is 12.8 Å². The molecule has 8 nitrogen and oxygen atoms in total. The summed E-state index contributed by atoms with van der Waals surface area (Å²) in [4.78, 5) is 3.79. The van der Waals surface area contributed by atoms with Crippen LogP contribution in [0.4, 0.5) is 0 Å². The summed E-state index contributed by atoms with van der Waals surface area (Å²) in [6, 6.07) is 0.0772. The van der Waals surface area contributed by atoms with E-state index in [4.69, 9.17) is 25.5 Å². The maximum atomic E-state index is 9.49. The van der Waals surface area contributed by atoms with Crippen LogP contribution in [0, 0.1) is 0 Å². The maximum absolute atomic E-state index is 9.49. The van der Waals surface area contributed by atoms with Crippen LogP contribution in [0.5, 0.6) is 0 Å². The molecule has 0 fully saturated rings. The predicted octanol–water partition coefficient (Wildman–Crippen LogP) is 1.21. The van der Waals surface area contributed by atoms with Crippen LogP contribution >= 0.6 is 0 Å². The zero-order chi connectivity index (χ0) is 24.3. The zero-order valence-electron chi connectivity index (χ0n) is 20.7. The molecule has 0 saturated heterocycles. The Morgan fingerprint density at radius 3 is 1.22 bits per heavy atom. The third kappa shape index (κ3) is 22.9. The highest BCUT2D eigenvalue weighted by Crippen LogP contribution is 2.14. The van der Waals surface area contributed by atoms with E-state index in [0.29, 0.717) is 32.7 Å². The molecule has 0 rings (SSSR count). The van der Waals surface area contributed by atoms with Gasteiger partial charge in [0.15, 0.2) is 0 Å². The van der Waals surface area contributed by atoms with Gasteiger partial charge < -0.3 is 30.6 Å². The van der Waals surface area contributed by atoms with Crippen molar-refractivity contribution in [3.63, 3.8) is 0 Å². The molecule has 32 heavy (non-hydrogen) atoms. The van der Waals surface area contributed by atoms with Crippen molar-refractivity contribution in [2.75, 3.05) is 72.4 Å². The molecule has 0 amide bonds. The van der Waals surface area contributed by atoms with Gasteiger partial charge in [0, 0.05) is 38.8 Å². The van der Waals surface area contributed by atoms with Crippen molar-refractivity contribution in [1.82, 2.24) is 9.80 Å². The smallest absolute Gasteiger partial charge is 0.0586 e. The molecule has 0 aromatic carbocycles. The van der Waals surface area contributed by atoms with E-state index in [1.54, 1.807) is 4.90 Å². The summed E-state index contributed by atoms with van der Waals surface area (Å²) in [5, 5.41) is 53.0. The molecule has 0 aromatic heterocycles. The van der Waals surface area contributed by atoms with Gasteiger partial charge in [0.05, 0.1) is 39.6 Å². The van der Waals surface area contributed by atoms with E-state index in [2.05, 4.69) is 6.92 Å². The van der Waals surface area contributed by atoms with Crippen molar-refractivity contribution in [2.24, 2.45) is 0 Å². The zero-order valence-corrected chi connectivity index (χ0v) is 20.7. The summed E-state index contributed by atoms with van der Waals surface area (Å²) < 4.78 is 0. The van der Waals surface area contributed by atoms with E-state index in [1.807, 2.05) is 4.90 Å². The second-order valence-corrected chi connectivity index (χ2v) is 8.30. The number of hydrogen-bond donors (Lipinski definition) is 6. The Kier molecular flexibility index (Phi) is 30.4. The van der Waals surface area contributed by atoms with Crippen molar-refractivity contribution < 1.29 is 30.6 Å². The molecule has 8 heteroatoms. The SMILES string of the molecule is CCCCCCCCCCCCC(CO)N(CCO)CCO.OCCN(CCO)CCO. The third-order valence-electron chi connectivity index (χ3n) is 5.64.